The van der Waals surface area contributed by atoms with Crippen LogP contribution in [0.25, 0.3) is 0 Å². The van der Waals surface area contributed by atoms with Crippen LogP contribution in [0, 0.1) is 17.7 Å². The third-order valence-corrected chi connectivity index (χ3v) is 5.79. The van der Waals surface area contributed by atoms with Gasteiger partial charge in [-0.1, -0.05) is 46.2 Å². The van der Waals surface area contributed by atoms with Crippen molar-refractivity contribution in [3.8, 4) is 0 Å². The maximum atomic E-state index is 14.1. The molecule has 0 saturated carbocycles. The van der Waals surface area contributed by atoms with Gasteiger partial charge in [-0.2, -0.15) is 0 Å². The summed E-state index contributed by atoms with van der Waals surface area (Å²) in [4.78, 5) is 24.8. The molecule has 0 aliphatic rings. The molecule has 2 unspecified atom stereocenters. The van der Waals surface area contributed by atoms with Crippen LogP contribution in [0.2, 0.25) is 5.02 Å². The number of benzene rings is 1. The van der Waals surface area contributed by atoms with E-state index in [0.29, 0.717) is 4.90 Å². The number of hydrogen-bond donors (Lipinski definition) is 1. The van der Waals surface area contributed by atoms with Gasteiger partial charge < -0.3 is 10.1 Å². The minimum atomic E-state index is -0.614. The molecule has 26 heavy (non-hydrogen) atoms. The van der Waals surface area contributed by atoms with Gasteiger partial charge in [0.25, 0.3) is 0 Å². The predicted octanol–water partition coefficient (Wildman–Crippen LogP) is 5.53. The lowest BCUT2D eigenvalue weighted by molar-refractivity contribution is -0.148. The third kappa shape index (κ3) is 6.47. The molecule has 0 spiro atoms. The summed E-state index contributed by atoms with van der Waals surface area (Å²) in [6.07, 6.45) is 0.554. The zero-order chi connectivity index (χ0) is 20.0. The standard InChI is InChI=1S/C19H27ClFNO3S/c1-7-12(6)25-19(24)17(10(2)3)26-16-9-15(14(21)8-13(16)20)22-18(23)11(4)5/h8-12,17H,7H2,1-6H3,(H,22,23). The Kier molecular flexibility index (Phi) is 8.90. The van der Waals surface area contributed by atoms with Crippen LogP contribution in [0.15, 0.2) is 17.0 Å². The van der Waals surface area contributed by atoms with Crippen LogP contribution >= 0.6 is 23.4 Å². The fourth-order valence-electron chi connectivity index (χ4n) is 1.93. The SMILES string of the molecule is CCC(C)OC(=O)C(Sc1cc(NC(=O)C(C)C)c(F)cc1Cl)C(C)C. The van der Waals surface area contributed by atoms with Gasteiger partial charge in [-0.05, 0) is 31.4 Å². The predicted molar refractivity (Wildman–Crippen MR) is 105 cm³/mol. The Hall–Kier alpha value is -1.27. The molecule has 4 nitrogen and oxygen atoms in total. The Labute approximate surface area is 164 Å². The van der Waals surface area contributed by atoms with Crippen LogP contribution in [0.3, 0.4) is 0 Å². The van der Waals surface area contributed by atoms with Crippen molar-refractivity contribution in [3.63, 3.8) is 0 Å². The zero-order valence-corrected chi connectivity index (χ0v) is 17.6. The average molecular weight is 404 g/mol. The fraction of sp³-hybridized carbons (Fsp3) is 0.579. The molecule has 1 aromatic rings. The second kappa shape index (κ2) is 10.2. The molecule has 0 fully saturated rings. The molecule has 1 amide bonds. The van der Waals surface area contributed by atoms with E-state index in [2.05, 4.69) is 5.32 Å². The molecule has 0 aliphatic carbocycles. The molecule has 0 bridgehead atoms. The molecule has 0 saturated heterocycles. The summed E-state index contributed by atoms with van der Waals surface area (Å²) in [6, 6.07) is 2.62. The van der Waals surface area contributed by atoms with Crippen molar-refractivity contribution in [1.29, 1.82) is 0 Å². The molecular formula is C19H27ClFNO3S. The summed E-state index contributed by atoms with van der Waals surface area (Å²) in [6.45, 7) is 11.0. The van der Waals surface area contributed by atoms with Crippen molar-refractivity contribution in [2.24, 2.45) is 11.8 Å². The second-order valence-corrected chi connectivity index (χ2v) is 8.44. The van der Waals surface area contributed by atoms with E-state index in [0.717, 1.165) is 12.5 Å². The van der Waals surface area contributed by atoms with Gasteiger partial charge in [0, 0.05) is 10.8 Å². The number of esters is 1. The summed E-state index contributed by atoms with van der Waals surface area (Å²) in [7, 11) is 0. The number of amides is 1. The Balaban J connectivity index is 3.08. The lowest BCUT2D eigenvalue weighted by Crippen LogP contribution is -2.28. The van der Waals surface area contributed by atoms with Crippen molar-refractivity contribution in [1.82, 2.24) is 0 Å². The summed E-state index contributed by atoms with van der Waals surface area (Å²) in [5, 5.41) is 2.25. The highest BCUT2D eigenvalue weighted by Crippen LogP contribution is 2.37. The maximum absolute atomic E-state index is 14.1. The van der Waals surface area contributed by atoms with Gasteiger partial charge in [-0.3, -0.25) is 9.59 Å². The first-order chi connectivity index (χ1) is 12.1. The Morgan fingerprint density at radius 1 is 1.23 bits per heavy atom. The van der Waals surface area contributed by atoms with Crippen molar-refractivity contribution in [2.75, 3.05) is 5.32 Å². The topological polar surface area (TPSA) is 55.4 Å². The van der Waals surface area contributed by atoms with E-state index in [4.69, 9.17) is 16.3 Å². The van der Waals surface area contributed by atoms with Crippen LogP contribution in [0.1, 0.15) is 48.0 Å². The van der Waals surface area contributed by atoms with Gasteiger partial charge in [0.15, 0.2) is 0 Å². The largest absolute Gasteiger partial charge is 0.462 e. The maximum Gasteiger partial charge on any atom is 0.319 e. The van der Waals surface area contributed by atoms with Gasteiger partial charge >= 0.3 is 5.97 Å². The number of nitrogens with one attached hydrogen (secondary N) is 1. The van der Waals surface area contributed by atoms with E-state index >= 15 is 0 Å². The lowest BCUT2D eigenvalue weighted by Gasteiger charge is -2.22. The van der Waals surface area contributed by atoms with E-state index in [-0.39, 0.29) is 40.5 Å². The summed E-state index contributed by atoms with van der Waals surface area (Å²) >= 11 is 7.38. The molecule has 146 valence electrons. The molecule has 2 atom stereocenters. The first kappa shape index (κ1) is 22.8. The Morgan fingerprint density at radius 2 is 1.85 bits per heavy atom. The normalized spacial score (nSPS) is 13.6. The Morgan fingerprint density at radius 3 is 2.35 bits per heavy atom. The Bertz CT molecular complexity index is 652. The molecule has 0 aromatic heterocycles. The molecule has 7 heteroatoms. The van der Waals surface area contributed by atoms with Crippen molar-refractivity contribution in [2.45, 2.75) is 64.2 Å². The quantitative estimate of drug-likeness (QED) is 0.457. The molecule has 1 rings (SSSR count). The molecule has 0 aliphatic heterocycles. The van der Waals surface area contributed by atoms with Crippen molar-refractivity contribution < 1.29 is 18.7 Å². The van der Waals surface area contributed by atoms with Gasteiger partial charge in [-0.25, -0.2) is 4.39 Å². The van der Waals surface area contributed by atoms with Gasteiger partial charge in [-0.15, -0.1) is 11.8 Å². The van der Waals surface area contributed by atoms with Crippen LogP contribution in [-0.2, 0) is 14.3 Å². The van der Waals surface area contributed by atoms with Gasteiger partial charge in [0.05, 0.1) is 16.8 Å². The van der Waals surface area contributed by atoms with Crippen LogP contribution in [0.4, 0.5) is 10.1 Å². The minimum Gasteiger partial charge on any atom is -0.462 e. The average Bonchev–Trinajstić information content (AvgIpc) is 2.55. The smallest absolute Gasteiger partial charge is 0.319 e. The monoisotopic (exact) mass is 403 g/mol. The van der Waals surface area contributed by atoms with Crippen LogP contribution in [0.5, 0.6) is 0 Å². The van der Waals surface area contributed by atoms with E-state index in [9.17, 15) is 14.0 Å². The summed E-state index contributed by atoms with van der Waals surface area (Å²) in [5.74, 6) is -1.52. The number of carbonyl (C=O) groups is 2. The highest BCUT2D eigenvalue weighted by Gasteiger charge is 2.28. The van der Waals surface area contributed by atoms with Gasteiger partial charge in [0.1, 0.15) is 11.1 Å². The summed E-state index contributed by atoms with van der Waals surface area (Å²) < 4.78 is 19.6. The molecule has 0 heterocycles. The molecular weight excluding hydrogens is 377 g/mol. The van der Waals surface area contributed by atoms with E-state index in [1.54, 1.807) is 13.8 Å². The highest BCUT2D eigenvalue weighted by molar-refractivity contribution is 8.00. The first-order valence-corrected chi connectivity index (χ1v) is 9.99. The van der Waals surface area contributed by atoms with Crippen LogP contribution < -0.4 is 5.32 Å². The molecule has 0 radical (unpaired) electrons. The minimum absolute atomic E-state index is 0.00798. The lowest BCUT2D eigenvalue weighted by atomic mass is 10.1. The number of halogens is 2. The molecule has 1 N–H and O–H groups in total. The zero-order valence-electron chi connectivity index (χ0n) is 16.1. The second-order valence-electron chi connectivity index (χ2n) is 6.84. The van der Waals surface area contributed by atoms with E-state index < -0.39 is 11.1 Å². The van der Waals surface area contributed by atoms with E-state index in [1.807, 2.05) is 27.7 Å². The number of hydrogen-bond acceptors (Lipinski definition) is 4. The number of rotatable bonds is 8. The van der Waals surface area contributed by atoms with E-state index in [1.165, 1.54) is 17.8 Å². The first-order valence-electron chi connectivity index (χ1n) is 8.73. The number of thioether (sulfide) groups is 1. The number of ether oxygens (including phenoxy) is 1. The molecule has 1 aromatic carbocycles. The number of anilines is 1. The highest BCUT2D eigenvalue weighted by atomic mass is 35.5. The fourth-order valence-corrected chi connectivity index (χ4v) is 3.27. The van der Waals surface area contributed by atoms with Crippen molar-refractivity contribution in [3.05, 3.63) is 23.0 Å². The van der Waals surface area contributed by atoms with Crippen LogP contribution in [-0.4, -0.2) is 23.2 Å². The summed E-state index contributed by atoms with van der Waals surface area (Å²) in [5.41, 5.74) is 0.0494. The van der Waals surface area contributed by atoms with Gasteiger partial charge in [0.2, 0.25) is 5.91 Å². The number of carbonyl (C=O) groups excluding carboxylic acids is 2. The third-order valence-electron chi connectivity index (χ3n) is 3.79. The van der Waals surface area contributed by atoms with Crippen molar-refractivity contribution >= 4 is 40.9 Å².